The molecule has 0 bridgehead atoms. The van der Waals surface area contributed by atoms with E-state index >= 15 is 0 Å². The van der Waals surface area contributed by atoms with E-state index in [4.69, 9.17) is 4.74 Å². The third kappa shape index (κ3) is 5.25. The summed E-state index contributed by atoms with van der Waals surface area (Å²) >= 11 is 0.810. The highest BCUT2D eigenvalue weighted by molar-refractivity contribution is 7.14. The minimum Gasteiger partial charge on any atom is -0.444 e. The number of alkyl carbamates (subject to hydrolysis) is 1. The third-order valence-electron chi connectivity index (χ3n) is 3.99. The van der Waals surface area contributed by atoms with E-state index in [1.807, 2.05) is 0 Å². The van der Waals surface area contributed by atoms with Crippen LogP contribution in [0.15, 0.2) is 29.5 Å². The molecular formula is C19H22F2N4O2S. The van der Waals surface area contributed by atoms with Gasteiger partial charge in [0.25, 0.3) is 0 Å². The second-order valence-electron chi connectivity index (χ2n) is 7.40. The lowest BCUT2D eigenvalue weighted by Gasteiger charge is -2.24. The molecule has 0 atom stereocenters. The summed E-state index contributed by atoms with van der Waals surface area (Å²) in [6.45, 7) is 5.59. The Morgan fingerprint density at radius 3 is 2.61 bits per heavy atom. The number of carbonyl (C=O) groups is 1. The zero-order chi connectivity index (χ0) is 20.3. The van der Waals surface area contributed by atoms with Gasteiger partial charge in [0.15, 0.2) is 5.13 Å². The van der Waals surface area contributed by atoms with Crippen LogP contribution in [0.4, 0.5) is 18.7 Å². The minimum absolute atomic E-state index is 0.00920. The van der Waals surface area contributed by atoms with Crippen molar-refractivity contribution in [2.45, 2.75) is 45.6 Å². The van der Waals surface area contributed by atoms with Crippen LogP contribution in [-0.2, 0) is 4.74 Å². The standard InChI is InChI=1S/C19H22F2N4O2S/c1-19(2,3)27-18(26)22-10-13(11-6-4-7-11)24-17-25-15(16(21)28-17)12-8-5-9-14(20)23-12/h5,8-9H,4,6-7,10H2,1-3H3,(H,22,26)(H,24,25). The minimum atomic E-state index is -0.696. The van der Waals surface area contributed by atoms with Crippen molar-refractivity contribution in [3.05, 3.63) is 40.5 Å². The Bertz CT molecular complexity index is 900. The Balaban J connectivity index is 1.72. The number of pyridine rings is 1. The lowest BCUT2D eigenvalue weighted by molar-refractivity contribution is 0.0532. The summed E-state index contributed by atoms with van der Waals surface area (Å²) in [5.74, 6) is -0.696. The Hall–Kier alpha value is -2.55. The molecule has 0 aliphatic heterocycles. The lowest BCUT2D eigenvalue weighted by Crippen LogP contribution is -2.35. The Kier molecular flexibility index (Phi) is 5.93. The molecule has 3 rings (SSSR count). The fourth-order valence-electron chi connectivity index (χ4n) is 2.57. The van der Waals surface area contributed by atoms with Crippen molar-refractivity contribution in [2.24, 2.45) is 0 Å². The molecule has 6 nitrogen and oxygen atoms in total. The summed E-state index contributed by atoms with van der Waals surface area (Å²) in [5.41, 5.74) is 1.45. The summed E-state index contributed by atoms with van der Waals surface area (Å²) in [4.78, 5) is 19.8. The maximum atomic E-state index is 14.3. The first-order valence-electron chi connectivity index (χ1n) is 8.95. The molecule has 0 radical (unpaired) electrons. The molecule has 2 aromatic rings. The van der Waals surface area contributed by atoms with Crippen molar-refractivity contribution in [3.63, 3.8) is 0 Å². The summed E-state index contributed by atoms with van der Waals surface area (Å²) in [5, 5.41) is 5.57. The molecule has 0 aromatic carbocycles. The van der Waals surface area contributed by atoms with E-state index in [2.05, 4.69) is 20.6 Å². The van der Waals surface area contributed by atoms with Crippen LogP contribution in [-0.4, -0.2) is 28.2 Å². The number of anilines is 1. The molecule has 2 heterocycles. The summed E-state index contributed by atoms with van der Waals surface area (Å²) in [6.07, 6.45) is 2.36. The van der Waals surface area contributed by atoms with Crippen LogP contribution in [0.3, 0.4) is 0 Å². The van der Waals surface area contributed by atoms with Crippen LogP contribution >= 0.6 is 11.3 Å². The van der Waals surface area contributed by atoms with Gasteiger partial charge in [0.2, 0.25) is 11.1 Å². The van der Waals surface area contributed by atoms with Crippen LogP contribution in [0.5, 0.6) is 0 Å². The molecule has 0 spiro atoms. The fourth-order valence-corrected chi connectivity index (χ4v) is 3.30. The number of ether oxygens (including phenoxy) is 1. The van der Waals surface area contributed by atoms with Crippen molar-refractivity contribution >= 4 is 22.6 Å². The van der Waals surface area contributed by atoms with Crippen molar-refractivity contribution in [2.75, 3.05) is 11.9 Å². The molecule has 1 aliphatic carbocycles. The first-order chi connectivity index (χ1) is 13.2. The predicted octanol–water partition coefficient (Wildman–Crippen LogP) is 4.86. The molecule has 0 unspecified atom stereocenters. The number of aromatic nitrogens is 2. The van der Waals surface area contributed by atoms with Gasteiger partial charge in [-0.1, -0.05) is 17.4 Å². The van der Waals surface area contributed by atoms with Gasteiger partial charge in [-0.3, -0.25) is 0 Å². The molecule has 150 valence electrons. The monoisotopic (exact) mass is 408 g/mol. The molecule has 1 saturated carbocycles. The van der Waals surface area contributed by atoms with Crippen LogP contribution in [0.2, 0.25) is 0 Å². The number of rotatable bonds is 5. The SMILES string of the molecule is CC(C)(C)OC(=O)NCC(Nc1nc(-c2cccc(F)n2)c(F)s1)=C1CCC1. The fraction of sp³-hybridized carbons (Fsp3) is 0.421. The van der Waals surface area contributed by atoms with Crippen molar-refractivity contribution < 1.29 is 18.3 Å². The molecular weight excluding hydrogens is 386 g/mol. The predicted molar refractivity (Wildman–Crippen MR) is 104 cm³/mol. The summed E-state index contributed by atoms with van der Waals surface area (Å²) < 4.78 is 32.9. The second kappa shape index (κ2) is 8.22. The highest BCUT2D eigenvalue weighted by Crippen LogP contribution is 2.32. The first-order valence-corrected chi connectivity index (χ1v) is 9.77. The molecule has 2 aromatic heterocycles. The van der Waals surface area contributed by atoms with E-state index in [1.54, 1.807) is 20.8 Å². The van der Waals surface area contributed by atoms with E-state index in [0.717, 1.165) is 41.9 Å². The van der Waals surface area contributed by atoms with Crippen LogP contribution in [0.25, 0.3) is 11.4 Å². The third-order valence-corrected chi connectivity index (χ3v) is 4.75. The van der Waals surface area contributed by atoms with Crippen LogP contribution in [0, 0.1) is 11.1 Å². The van der Waals surface area contributed by atoms with Gasteiger partial charge in [-0.2, -0.15) is 8.78 Å². The maximum Gasteiger partial charge on any atom is 0.407 e. The van der Waals surface area contributed by atoms with Gasteiger partial charge >= 0.3 is 6.09 Å². The summed E-state index contributed by atoms with van der Waals surface area (Å²) in [7, 11) is 0. The number of nitrogens with zero attached hydrogens (tertiary/aromatic N) is 2. The average molecular weight is 408 g/mol. The van der Waals surface area contributed by atoms with Crippen molar-refractivity contribution in [1.82, 2.24) is 15.3 Å². The number of hydrogen-bond donors (Lipinski definition) is 2. The van der Waals surface area contributed by atoms with Gasteiger partial charge in [0, 0.05) is 5.70 Å². The Labute approximate surface area is 166 Å². The highest BCUT2D eigenvalue weighted by Gasteiger charge is 2.21. The first kappa shape index (κ1) is 20.2. The quantitative estimate of drug-likeness (QED) is 0.691. The molecule has 1 amide bonds. The zero-order valence-corrected chi connectivity index (χ0v) is 16.8. The van der Waals surface area contributed by atoms with E-state index < -0.39 is 22.8 Å². The smallest absolute Gasteiger partial charge is 0.407 e. The molecule has 0 saturated heterocycles. The molecule has 1 aliphatic rings. The van der Waals surface area contributed by atoms with E-state index in [9.17, 15) is 13.6 Å². The van der Waals surface area contributed by atoms with Gasteiger partial charge < -0.3 is 15.4 Å². The van der Waals surface area contributed by atoms with Gasteiger partial charge in [0.05, 0.1) is 12.2 Å². The normalized spacial score (nSPS) is 13.7. The van der Waals surface area contributed by atoms with Crippen molar-refractivity contribution in [1.29, 1.82) is 0 Å². The van der Waals surface area contributed by atoms with Crippen LogP contribution < -0.4 is 10.6 Å². The van der Waals surface area contributed by atoms with E-state index in [1.165, 1.54) is 18.2 Å². The number of nitrogens with one attached hydrogen (secondary N) is 2. The number of carbonyl (C=O) groups excluding carboxylic acids is 1. The lowest BCUT2D eigenvalue weighted by atomic mass is 9.90. The molecule has 1 fully saturated rings. The van der Waals surface area contributed by atoms with Gasteiger partial charge in [0.1, 0.15) is 11.3 Å². The molecule has 2 N–H and O–H groups in total. The van der Waals surface area contributed by atoms with Gasteiger partial charge in [-0.05, 0) is 57.7 Å². The van der Waals surface area contributed by atoms with E-state index in [0.29, 0.717) is 5.13 Å². The molecule has 9 heteroatoms. The number of amides is 1. The zero-order valence-electron chi connectivity index (χ0n) is 15.9. The van der Waals surface area contributed by atoms with E-state index in [-0.39, 0.29) is 17.9 Å². The number of allylic oxidation sites excluding steroid dienone is 1. The average Bonchev–Trinajstić information content (AvgIpc) is 2.90. The largest absolute Gasteiger partial charge is 0.444 e. The van der Waals surface area contributed by atoms with Crippen molar-refractivity contribution in [3.8, 4) is 11.4 Å². The second-order valence-corrected chi connectivity index (χ2v) is 8.35. The highest BCUT2D eigenvalue weighted by atomic mass is 32.1. The number of hydrogen-bond acceptors (Lipinski definition) is 6. The number of thiazole rings is 1. The maximum absolute atomic E-state index is 14.3. The Morgan fingerprint density at radius 2 is 2.00 bits per heavy atom. The van der Waals surface area contributed by atoms with Gasteiger partial charge in [-0.15, -0.1) is 0 Å². The summed E-state index contributed by atoms with van der Waals surface area (Å²) in [6, 6.07) is 4.14. The van der Waals surface area contributed by atoms with Crippen LogP contribution in [0.1, 0.15) is 40.0 Å². The number of halogens is 2. The Morgan fingerprint density at radius 1 is 1.25 bits per heavy atom. The van der Waals surface area contributed by atoms with Gasteiger partial charge in [-0.25, -0.2) is 14.8 Å². The topological polar surface area (TPSA) is 76.1 Å². The molecule has 28 heavy (non-hydrogen) atoms.